The maximum atomic E-state index is 15.0. The standard InChI is InChI=1S/C22H24FN7OS/c1-31-9-3-8-30(19-5-2-4-18-16(19)12-26-29-18)21-17(23)13-25-22(28-21)27-15-7-6-14(11-24)20(32)10-15/h2,4-7,10,12-13,32H,3,8-9,11,24H2,1H3,(H,26,29)(H,25,27,28). The lowest BCUT2D eigenvalue weighted by molar-refractivity contribution is 0.196. The Morgan fingerprint density at radius 2 is 2.12 bits per heavy atom. The van der Waals surface area contributed by atoms with Crippen molar-refractivity contribution in [2.75, 3.05) is 30.5 Å². The van der Waals surface area contributed by atoms with E-state index in [-0.39, 0.29) is 11.8 Å². The third-order valence-corrected chi connectivity index (χ3v) is 5.44. The van der Waals surface area contributed by atoms with Crippen molar-refractivity contribution in [3.63, 3.8) is 0 Å². The van der Waals surface area contributed by atoms with Crippen molar-refractivity contribution in [1.29, 1.82) is 0 Å². The van der Waals surface area contributed by atoms with Gasteiger partial charge < -0.3 is 20.7 Å². The number of nitrogens with one attached hydrogen (secondary N) is 2. The minimum absolute atomic E-state index is 0.164. The predicted octanol–water partition coefficient (Wildman–Crippen LogP) is 4.16. The Bertz CT molecular complexity index is 1220. The van der Waals surface area contributed by atoms with Crippen molar-refractivity contribution < 1.29 is 9.13 Å². The van der Waals surface area contributed by atoms with Gasteiger partial charge in [0.1, 0.15) is 0 Å². The van der Waals surface area contributed by atoms with Crippen LogP contribution in [0.1, 0.15) is 12.0 Å². The number of benzene rings is 2. The first-order chi connectivity index (χ1) is 15.6. The van der Waals surface area contributed by atoms with Gasteiger partial charge in [-0.15, -0.1) is 12.6 Å². The molecule has 0 saturated heterocycles. The lowest BCUT2D eigenvalue weighted by Gasteiger charge is -2.25. The Balaban J connectivity index is 1.71. The second-order valence-corrected chi connectivity index (χ2v) is 7.63. The number of H-pyrrole nitrogens is 1. The quantitative estimate of drug-likeness (QED) is 0.223. The van der Waals surface area contributed by atoms with E-state index in [0.717, 1.165) is 32.7 Å². The fraction of sp³-hybridized carbons (Fsp3) is 0.227. The van der Waals surface area contributed by atoms with Gasteiger partial charge in [0, 0.05) is 42.8 Å². The highest BCUT2D eigenvalue weighted by atomic mass is 32.1. The normalized spacial score (nSPS) is 11.1. The van der Waals surface area contributed by atoms with Gasteiger partial charge in [-0.05, 0) is 36.2 Å². The van der Waals surface area contributed by atoms with Crippen molar-refractivity contribution in [3.8, 4) is 0 Å². The molecule has 0 aliphatic heterocycles. The zero-order valence-electron chi connectivity index (χ0n) is 17.5. The summed E-state index contributed by atoms with van der Waals surface area (Å²) in [5.41, 5.74) is 9.01. The molecule has 4 rings (SSSR count). The van der Waals surface area contributed by atoms with E-state index in [9.17, 15) is 4.39 Å². The van der Waals surface area contributed by atoms with Gasteiger partial charge in [0.2, 0.25) is 5.95 Å². The molecule has 0 spiro atoms. The van der Waals surface area contributed by atoms with Crippen LogP contribution in [0.5, 0.6) is 0 Å². The van der Waals surface area contributed by atoms with Gasteiger partial charge >= 0.3 is 0 Å². The van der Waals surface area contributed by atoms with Gasteiger partial charge in [-0.25, -0.2) is 9.37 Å². The summed E-state index contributed by atoms with van der Waals surface area (Å²) in [6, 6.07) is 11.3. The zero-order chi connectivity index (χ0) is 22.5. The van der Waals surface area contributed by atoms with Crippen LogP contribution in [-0.2, 0) is 11.3 Å². The highest BCUT2D eigenvalue weighted by Gasteiger charge is 2.20. The molecule has 32 heavy (non-hydrogen) atoms. The van der Waals surface area contributed by atoms with Gasteiger partial charge in [0.15, 0.2) is 11.6 Å². The Hall–Kier alpha value is -3.21. The van der Waals surface area contributed by atoms with Gasteiger partial charge in [-0.1, -0.05) is 12.1 Å². The highest BCUT2D eigenvalue weighted by molar-refractivity contribution is 7.80. The van der Waals surface area contributed by atoms with Crippen LogP contribution in [0.2, 0.25) is 0 Å². The van der Waals surface area contributed by atoms with Crippen LogP contribution in [0, 0.1) is 5.82 Å². The first-order valence-electron chi connectivity index (χ1n) is 10.1. The van der Waals surface area contributed by atoms with Crippen LogP contribution in [0.4, 0.5) is 27.5 Å². The topological polar surface area (TPSA) is 105 Å². The summed E-state index contributed by atoms with van der Waals surface area (Å²) in [6.07, 6.45) is 3.57. The molecule has 166 valence electrons. The van der Waals surface area contributed by atoms with Crippen molar-refractivity contribution >= 4 is 46.7 Å². The maximum absolute atomic E-state index is 15.0. The van der Waals surface area contributed by atoms with Crippen LogP contribution in [0.3, 0.4) is 0 Å². The highest BCUT2D eigenvalue weighted by Crippen LogP contribution is 2.33. The molecule has 0 fully saturated rings. The SMILES string of the molecule is COCCCN(c1nc(Nc2ccc(CN)c(S)c2)ncc1F)c1cccc2[nH]ncc12. The molecule has 0 aliphatic rings. The molecule has 0 radical (unpaired) electrons. The summed E-state index contributed by atoms with van der Waals surface area (Å²) in [5.74, 6) is -0.0930. The van der Waals surface area contributed by atoms with E-state index in [2.05, 4.69) is 38.1 Å². The molecular weight excluding hydrogens is 429 g/mol. The van der Waals surface area contributed by atoms with E-state index >= 15 is 0 Å². The molecular formula is C22H24FN7OS. The number of thiol groups is 1. The second-order valence-electron chi connectivity index (χ2n) is 7.14. The number of nitrogens with two attached hydrogens (primary N) is 1. The minimum Gasteiger partial charge on any atom is -0.385 e. The van der Waals surface area contributed by atoms with Gasteiger partial charge in [0.25, 0.3) is 0 Å². The molecule has 10 heteroatoms. The van der Waals surface area contributed by atoms with Crippen LogP contribution in [-0.4, -0.2) is 40.4 Å². The van der Waals surface area contributed by atoms with Gasteiger partial charge in [0.05, 0.1) is 23.6 Å². The van der Waals surface area contributed by atoms with E-state index in [1.54, 1.807) is 13.3 Å². The molecule has 0 amide bonds. The monoisotopic (exact) mass is 453 g/mol. The average Bonchev–Trinajstić information content (AvgIpc) is 3.28. The van der Waals surface area contributed by atoms with Crippen LogP contribution < -0.4 is 16.0 Å². The number of rotatable bonds is 9. The van der Waals surface area contributed by atoms with E-state index < -0.39 is 5.82 Å². The number of halogens is 1. The third kappa shape index (κ3) is 4.67. The smallest absolute Gasteiger partial charge is 0.229 e. The number of aromatic nitrogens is 4. The second kappa shape index (κ2) is 9.94. The predicted molar refractivity (Wildman–Crippen MR) is 126 cm³/mol. The lowest BCUT2D eigenvalue weighted by atomic mass is 10.2. The lowest BCUT2D eigenvalue weighted by Crippen LogP contribution is -2.23. The minimum atomic E-state index is -0.526. The number of hydrogen-bond donors (Lipinski definition) is 4. The molecule has 2 heterocycles. The molecule has 2 aromatic carbocycles. The van der Waals surface area contributed by atoms with E-state index in [1.807, 2.05) is 41.3 Å². The molecule has 0 aliphatic carbocycles. The molecule has 4 aromatic rings. The fourth-order valence-corrected chi connectivity index (χ4v) is 3.75. The Labute approximate surface area is 190 Å². The van der Waals surface area contributed by atoms with Crippen molar-refractivity contribution in [2.45, 2.75) is 17.9 Å². The number of ether oxygens (including phenoxy) is 1. The number of fused-ring (bicyclic) bond motifs is 1. The Kier molecular flexibility index (Phi) is 6.84. The van der Waals surface area contributed by atoms with E-state index in [1.165, 1.54) is 6.20 Å². The molecule has 0 saturated carbocycles. The summed E-state index contributed by atoms with van der Waals surface area (Å²) < 4.78 is 20.2. The number of aromatic amines is 1. The van der Waals surface area contributed by atoms with Crippen LogP contribution >= 0.6 is 12.6 Å². The zero-order valence-corrected chi connectivity index (χ0v) is 18.4. The number of nitrogens with zero attached hydrogens (tertiary/aromatic N) is 4. The Morgan fingerprint density at radius 1 is 1.25 bits per heavy atom. The van der Waals surface area contributed by atoms with Gasteiger partial charge in [-0.2, -0.15) is 10.1 Å². The van der Waals surface area contributed by atoms with E-state index in [4.69, 9.17) is 10.5 Å². The molecule has 4 N–H and O–H groups in total. The van der Waals surface area contributed by atoms with Crippen LogP contribution in [0.25, 0.3) is 10.9 Å². The maximum Gasteiger partial charge on any atom is 0.229 e. The first kappa shape index (κ1) is 22.0. The summed E-state index contributed by atoms with van der Waals surface area (Å²) in [4.78, 5) is 11.2. The van der Waals surface area contributed by atoms with Crippen molar-refractivity contribution in [2.24, 2.45) is 5.73 Å². The molecule has 0 bridgehead atoms. The van der Waals surface area contributed by atoms with Crippen LogP contribution in [0.15, 0.2) is 53.7 Å². The summed E-state index contributed by atoms with van der Waals surface area (Å²) in [7, 11) is 1.64. The average molecular weight is 454 g/mol. The Morgan fingerprint density at radius 3 is 2.91 bits per heavy atom. The molecule has 0 atom stereocenters. The molecule has 2 aromatic heterocycles. The largest absolute Gasteiger partial charge is 0.385 e. The van der Waals surface area contributed by atoms with Crippen molar-refractivity contribution in [3.05, 3.63) is 60.2 Å². The molecule has 8 nitrogen and oxygen atoms in total. The third-order valence-electron chi connectivity index (χ3n) is 5.03. The number of anilines is 4. The summed E-state index contributed by atoms with van der Waals surface area (Å²) >= 11 is 4.46. The number of hydrogen-bond acceptors (Lipinski definition) is 8. The first-order valence-corrected chi connectivity index (χ1v) is 10.6. The molecule has 0 unspecified atom stereocenters. The van der Waals surface area contributed by atoms with Crippen molar-refractivity contribution in [1.82, 2.24) is 20.2 Å². The van der Waals surface area contributed by atoms with Gasteiger partial charge in [-0.3, -0.25) is 5.10 Å². The van der Waals surface area contributed by atoms with E-state index in [0.29, 0.717) is 26.1 Å². The fourth-order valence-electron chi connectivity index (χ4n) is 3.45. The summed E-state index contributed by atoms with van der Waals surface area (Å²) in [6.45, 7) is 1.43. The summed E-state index contributed by atoms with van der Waals surface area (Å²) in [5, 5.41) is 11.1. The number of methoxy groups -OCH3 is 1.